The third-order valence-corrected chi connectivity index (χ3v) is 4.92. The Hall–Kier alpha value is -3.71. The van der Waals surface area contributed by atoms with E-state index >= 15 is 0 Å². The van der Waals surface area contributed by atoms with Crippen molar-refractivity contribution in [3.63, 3.8) is 0 Å². The lowest BCUT2D eigenvalue weighted by molar-refractivity contribution is -0.112. The molecule has 0 radical (unpaired) electrons. The Labute approximate surface area is 171 Å². The third kappa shape index (κ3) is 3.40. The fraction of sp³-hybridized carbons (Fsp3) is 0.130. The molecule has 0 unspecified atom stereocenters. The summed E-state index contributed by atoms with van der Waals surface area (Å²) in [5, 5.41) is 7.50. The number of fused-ring (bicyclic) bond motifs is 2. The molecule has 0 bridgehead atoms. The van der Waals surface area contributed by atoms with E-state index in [1.54, 1.807) is 6.07 Å². The van der Waals surface area contributed by atoms with Gasteiger partial charge >= 0.3 is 5.97 Å². The average Bonchev–Trinajstić information content (AvgIpc) is 3.22. The summed E-state index contributed by atoms with van der Waals surface area (Å²) in [7, 11) is 0. The zero-order valence-corrected chi connectivity index (χ0v) is 15.8. The molecule has 0 saturated heterocycles. The standard InChI is InChI=1S/C23H17FN2O4/c24-17-10-15(12-28-22(27)20-18-8-4-5-9-19(18)25-26-20)21-16(11-17)13-29-23(30-21)14-6-2-1-3-7-14/h1-11,23H,12-13H2,(H,25,26)/t23-/m0/s1. The van der Waals surface area contributed by atoms with E-state index in [9.17, 15) is 9.18 Å². The number of H-pyrrole nitrogens is 1. The first-order valence-electron chi connectivity index (χ1n) is 9.44. The van der Waals surface area contributed by atoms with E-state index in [1.165, 1.54) is 12.1 Å². The molecule has 0 saturated carbocycles. The van der Waals surface area contributed by atoms with Gasteiger partial charge in [-0.15, -0.1) is 0 Å². The molecule has 1 aliphatic rings. The Morgan fingerprint density at radius 1 is 1.13 bits per heavy atom. The van der Waals surface area contributed by atoms with Crippen LogP contribution in [0.1, 0.15) is 33.5 Å². The molecule has 0 fully saturated rings. The van der Waals surface area contributed by atoms with Crippen LogP contribution in [0, 0.1) is 5.82 Å². The van der Waals surface area contributed by atoms with Crippen LogP contribution in [0.3, 0.4) is 0 Å². The number of aromatic amines is 1. The van der Waals surface area contributed by atoms with Gasteiger partial charge in [0, 0.05) is 22.1 Å². The summed E-state index contributed by atoms with van der Waals surface area (Å²) >= 11 is 0. The maximum Gasteiger partial charge on any atom is 0.359 e. The second-order valence-electron chi connectivity index (χ2n) is 6.92. The second kappa shape index (κ2) is 7.61. The van der Waals surface area contributed by atoms with E-state index in [-0.39, 0.29) is 18.9 Å². The largest absolute Gasteiger partial charge is 0.460 e. The van der Waals surface area contributed by atoms with Gasteiger partial charge in [0.05, 0.1) is 12.1 Å². The zero-order valence-electron chi connectivity index (χ0n) is 15.8. The fourth-order valence-electron chi connectivity index (χ4n) is 3.49. The number of aromatic nitrogens is 2. The van der Waals surface area contributed by atoms with Crippen LogP contribution in [-0.2, 0) is 22.7 Å². The molecule has 7 heteroatoms. The van der Waals surface area contributed by atoms with Gasteiger partial charge < -0.3 is 14.2 Å². The third-order valence-electron chi connectivity index (χ3n) is 4.92. The highest BCUT2D eigenvalue weighted by Gasteiger charge is 2.26. The van der Waals surface area contributed by atoms with Gasteiger partial charge in [0.15, 0.2) is 5.69 Å². The van der Waals surface area contributed by atoms with Crippen molar-refractivity contribution in [1.82, 2.24) is 10.2 Å². The molecule has 6 nitrogen and oxygen atoms in total. The first kappa shape index (κ1) is 18.3. The Morgan fingerprint density at radius 3 is 2.80 bits per heavy atom. The minimum atomic E-state index is -0.617. The molecule has 5 rings (SSSR count). The van der Waals surface area contributed by atoms with Gasteiger partial charge in [-0.3, -0.25) is 5.10 Å². The summed E-state index contributed by atoms with van der Waals surface area (Å²) in [6, 6.07) is 19.4. The van der Waals surface area contributed by atoms with Gasteiger partial charge in [-0.2, -0.15) is 5.10 Å². The number of hydrogen-bond donors (Lipinski definition) is 1. The predicted molar refractivity (Wildman–Crippen MR) is 106 cm³/mol. The number of nitrogens with zero attached hydrogens (tertiary/aromatic N) is 1. The van der Waals surface area contributed by atoms with Crippen LogP contribution < -0.4 is 4.74 Å². The van der Waals surface area contributed by atoms with Crippen molar-refractivity contribution < 1.29 is 23.4 Å². The van der Waals surface area contributed by atoms with Crippen LogP contribution in [0.15, 0.2) is 66.7 Å². The minimum absolute atomic E-state index is 0.151. The predicted octanol–water partition coefficient (Wildman–Crippen LogP) is 4.67. The molecule has 0 amide bonds. The Kier molecular flexibility index (Phi) is 4.65. The Balaban J connectivity index is 1.39. The quantitative estimate of drug-likeness (QED) is 0.501. The minimum Gasteiger partial charge on any atom is -0.460 e. The maximum atomic E-state index is 14.1. The lowest BCUT2D eigenvalue weighted by atomic mass is 10.1. The van der Waals surface area contributed by atoms with Gasteiger partial charge in [0.2, 0.25) is 6.29 Å². The number of ether oxygens (including phenoxy) is 3. The highest BCUT2D eigenvalue weighted by molar-refractivity contribution is 6.01. The van der Waals surface area contributed by atoms with Crippen molar-refractivity contribution in [2.75, 3.05) is 0 Å². The van der Waals surface area contributed by atoms with Crippen molar-refractivity contribution in [3.8, 4) is 5.75 Å². The number of hydrogen-bond acceptors (Lipinski definition) is 5. The van der Waals surface area contributed by atoms with Crippen LogP contribution in [0.2, 0.25) is 0 Å². The van der Waals surface area contributed by atoms with Crippen LogP contribution in [-0.4, -0.2) is 16.2 Å². The highest BCUT2D eigenvalue weighted by atomic mass is 19.1. The molecule has 4 aromatic rings. The monoisotopic (exact) mass is 404 g/mol. The van der Waals surface area contributed by atoms with E-state index in [2.05, 4.69) is 10.2 Å². The van der Waals surface area contributed by atoms with Crippen molar-refractivity contribution in [2.45, 2.75) is 19.5 Å². The molecular weight excluding hydrogens is 387 g/mol. The number of para-hydroxylation sites is 1. The van der Waals surface area contributed by atoms with Crippen molar-refractivity contribution >= 4 is 16.9 Å². The summed E-state index contributed by atoms with van der Waals surface area (Å²) in [6.45, 7) is 0.0409. The Morgan fingerprint density at radius 2 is 1.93 bits per heavy atom. The lowest BCUT2D eigenvalue weighted by Gasteiger charge is -2.28. The van der Waals surface area contributed by atoms with E-state index in [0.717, 1.165) is 11.1 Å². The van der Waals surface area contributed by atoms with E-state index in [4.69, 9.17) is 14.2 Å². The summed E-state index contributed by atoms with van der Waals surface area (Å²) < 4.78 is 31.3. The first-order valence-corrected chi connectivity index (χ1v) is 9.44. The first-order chi connectivity index (χ1) is 14.7. The maximum absolute atomic E-state index is 14.1. The number of carbonyl (C=O) groups is 1. The summed E-state index contributed by atoms with van der Waals surface area (Å²) in [5.41, 5.74) is 2.76. The van der Waals surface area contributed by atoms with Crippen LogP contribution >= 0.6 is 0 Å². The molecule has 1 N–H and O–H groups in total. The number of rotatable bonds is 4. The lowest BCUT2D eigenvalue weighted by Crippen LogP contribution is -2.20. The van der Waals surface area contributed by atoms with E-state index in [0.29, 0.717) is 22.3 Å². The van der Waals surface area contributed by atoms with Gasteiger partial charge in [0.25, 0.3) is 0 Å². The molecule has 2 heterocycles. The van der Waals surface area contributed by atoms with Gasteiger partial charge in [-0.1, -0.05) is 48.5 Å². The number of benzene rings is 3. The highest BCUT2D eigenvalue weighted by Crippen LogP contribution is 2.37. The topological polar surface area (TPSA) is 73.4 Å². The zero-order chi connectivity index (χ0) is 20.5. The van der Waals surface area contributed by atoms with E-state index < -0.39 is 18.1 Å². The van der Waals surface area contributed by atoms with Gasteiger partial charge in [-0.05, 0) is 18.2 Å². The van der Waals surface area contributed by atoms with Crippen LogP contribution in [0.25, 0.3) is 10.9 Å². The van der Waals surface area contributed by atoms with E-state index in [1.807, 2.05) is 48.5 Å². The molecular formula is C23H17FN2O4. The number of carbonyl (C=O) groups excluding carboxylic acids is 1. The molecule has 150 valence electrons. The Bertz CT molecular complexity index is 1220. The van der Waals surface area contributed by atoms with Crippen molar-refractivity contribution in [3.05, 3.63) is 94.9 Å². The summed E-state index contributed by atoms with van der Waals surface area (Å²) in [6.07, 6.45) is -0.617. The fourth-order valence-corrected chi connectivity index (χ4v) is 3.49. The smallest absolute Gasteiger partial charge is 0.359 e. The van der Waals surface area contributed by atoms with Gasteiger partial charge in [-0.25, -0.2) is 9.18 Å². The van der Waals surface area contributed by atoms with Crippen LogP contribution in [0.5, 0.6) is 5.75 Å². The summed E-state index contributed by atoms with van der Waals surface area (Å²) in [4.78, 5) is 12.6. The van der Waals surface area contributed by atoms with Crippen LogP contribution in [0.4, 0.5) is 4.39 Å². The second-order valence-corrected chi connectivity index (χ2v) is 6.92. The number of esters is 1. The molecule has 1 atom stereocenters. The van der Waals surface area contributed by atoms with Crippen molar-refractivity contribution in [1.29, 1.82) is 0 Å². The van der Waals surface area contributed by atoms with Gasteiger partial charge in [0.1, 0.15) is 18.2 Å². The molecule has 1 aromatic heterocycles. The molecule has 30 heavy (non-hydrogen) atoms. The summed E-state index contributed by atoms with van der Waals surface area (Å²) in [5.74, 6) is -0.580. The number of halogens is 1. The molecule has 1 aliphatic heterocycles. The number of nitrogens with one attached hydrogen (secondary N) is 1. The average molecular weight is 404 g/mol. The molecule has 0 aliphatic carbocycles. The van der Waals surface area contributed by atoms with Crippen molar-refractivity contribution in [2.24, 2.45) is 0 Å². The molecule has 0 spiro atoms. The SMILES string of the molecule is O=C(OCc1cc(F)cc2c1O[C@@H](c1ccccc1)OC2)c1n[nH]c2ccccc12. The normalized spacial score (nSPS) is 15.4. The molecule has 3 aromatic carbocycles.